The predicted molar refractivity (Wildman–Crippen MR) is 77.9 cm³/mol. The van der Waals surface area contributed by atoms with Crippen molar-refractivity contribution in [1.29, 1.82) is 0 Å². The Morgan fingerprint density at radius 1 is 0.789 bits per heavy atom. The molecule has 4 nitrogen and oxygen atoms in total. The average Bonchev–Trinajstić information content (AvgIpc) is 2.31. The number of anilines is 2. The first kappa shape index (κ1) is 13.6. The second kappa shape index (κ2) is 5.07. The molecule has 0 radical (unpaired) electrons. The molecule has 6 N–H and O–H groups in total. The first-order valence-electron chi connectivity index (χ1n) is 5.42. The van der Waals surface area contributed by atoms with Crippen molar-refractivity contribution in [2.24, 2.45) is 0 Å². The number of phenolic OH excluding ortho intramolecular Hbond substituents is 2. The third-order valence-electron chi connectivity index (χ3n) is 2.75. The normalized spacial score (nSPS) is 10.6. The Hall–Kier alpha value is -1.78. The highest BCUT2D eigenvalue weighted by molar-refractivity contribution is 6.31. The van der Waals surface area contributed by atoms with Crippen LogP contribution in [0.25, 0.3) is 0 Å². The Kier molecular flexibility index (Phi) is 3.64. The van der Waals surface area contributed by atoms with Gasteiger partial charge in [-0.15, -0.1) is 0 Å². The number of rotatable bonds is 2. The zero-order valence-electron chi connectivity index (χ0n) is 9.82. The van der Waals surface area contributed by atoms with Gasteiger partial charge in [0.15, 0.2) is 0 Å². The maximum Gasteiger partial charge on any atom is 0.142 e. The highest BCUT2D eigenvalue weighted by Gasteiger charge is 2.12. The molecule has 2 rings (SSSR count). The van der Waals surface area contributed by atoms with Crippen LogP contribution in [0.1, 0.15) is 11.1 Å². The fraction of sp³-hybridized carbons (Fsp3) is 0.0769. The van der Waals surface area contributed by atoms with E-state index in [-0.39, 0.29) is 29.3 Å². The van der Waals surface area contributed by atoms with E-state index in [1.54, 1.807) is 12.1 Å². The molecule has 19 heavy (non-hydrogen) atoms. The Labute approximate surface area is 120 Å². The summed E-state index contributed by atoms with van der Waals surface area (Å²) in [7, 11) is 0. The minimum absolute atomic E-state index is 0.0673. The predicted octanol–water partition coefficient (Wildman–Crippen LogP) is 3.16. The summed E-state index contributed by atoms with van der Waals surface area (Å²) in [6.45, 7) is 0. The van der Waals surface area contributed by atoms with Crippen LogP contribution in [0, 0.1) is 0 Å². The van der Waals surface area contributed by atoms with Crippen LogP contribution >= 0.6 is 23.2 Å². The Morgan fingerprint density at radius 2 is 1.16 bits per heavy atom. The van der Waals surface area contributed by atoms with Crippen molar-refractivity contribution in [3.05, 3.63) is 45.4 Å². The zero-order valence-corrected chi connectivity index (χ0v) is 11.3. The maximum atomic E-state index is 9.88. The van der Waals surface area contributed by atoms with Crippen molar-refractivity contribution >= 4 is 34.6 Å². The van der Waals surface area contributed by atoms with Gasteiger partial charge in [0.2, 0.25) is 0 Å². The molecular weight excluding hydrogens is 287 g/mol. The molecule has 0 bridgehead atoms. The molecule has 0 heterocycles. The van der Waals surface area contributed by atoms with E-state index in [9.17, 15) is 10.2 Å². The molecule has 0 aromatic heterocycles. The zero-order chi connectivity index (χ0) is 14.2. The minimum Gasteiger partial charge on any atom is -0.505 e. The van der Waals surface area contributed by atoms with Gasteiger partial charge in [-0.3, -0.25) is 0 Å². The average molecular weight is 299 g/mol. The molecule has 6 heteroatoms. The van der Waals surface area contributed by atoms with E-state index in [1.165, 1.54) is 12.1 Å². The molecule has 0 aliphatic heterocycles. The molecule has 2 aromatic carbocycles. The van der Waals surface area contributed by atoms with Crippen molar-refractivity contribution in [3.63, 3.8) is 0 Å². The lowest BCUT2D eigenvalue weighted by molar-refractivity contribution is 0.465. The Balaban J connectivity index is 2.47. The molecule has 0 fully saturated rings. The minimum atomic E-state index is -0.0673. The molecule has 0 saturated carbocycles. The van der Waals surface area contributed by atoms with E-state index in [1.807, 2.05) is 0 Å². The van der Waals surface area contributed by atoms with Gasteiger partial charge < -0.3 is 21.7 Å². The van der Waals surface area contributed by atoms with E-state index < -0.39 is 0 Å². The number of benzene rings is 2. The van der Waals surface area contributed by atoms with Gasteiger partial charge in [0.05, 0.1) is 11.4 Å². The fourth-order valence-corrected chi connectivity index (χ4v) is 2.33. The number of nitrogen functional groups attached to an aromatic ring is 2. The lowest BCUT2D eigenvalue weighted by Gasteiger charge is -2.11. The summed E-state index contributed by atoms with van der Waals surface area (Å²) in [5.74, 6) is -0.135. The molecule has 0 saturated heterocycles. The number of hydrogen-bond acceptors (Lipinski definition) is 4. The Bertz CT molecular complexity index is 590. The second-order valence-corrected chi connectivity index (χ2v) is 5.06. The van der Waals surface area contributed by atoms with Gasteiger partial charge in [-0.05, 0) is 24.3 Å². The van der Waals surface area contributed by atoms with Crippen LogP contribution in [0.3, 0.4) is 0 Å². The lowest BCUT2D eigenvalue weighted by atomic mass is 10.0. The van der Waals surface area contributed by atoms with Crippen LogP contribution in [-0.2, 0) is 6.42 Å². The highest BCUT2D eigenvalue weighted by Crippen LogP contribution is 2.35. The van der Waals surface area contributed by atoms with E-state index in [4.69, 9.17) is 34.7 Å². The molecular formula is C13H12Cl2N2O2. The van der Waals surface area contributed by atoms with Gasteiger partial charge in [-0.1, -0.05) is 23.2 Å². The number of phenols is 2. The van der Waals surface area contributed by atoms with Gasteiger partial charge >= 0.3 is 0 Å². The summed E-state index contributed by atoms with van der Waals surface area (Å²) in [4.78, 5) is 0. The van der Waals surface area contributed by atoms with Crippen LogP contribution in [0.4, 0.5) is 11.4 Å². The molecule has 0 spiro atoms. The molecule has 0 amide bonds. The number of aromatic hydroxyl groups is 2. The highest BCUT2D eigenvalue weighted by atomic mass is 35.5. The van der Waals surface area contributed by atoms with Gasteiger partial charge in [0.25, 0.3) is 0 Å². The molecule has 2 aromatic rings. The first-order valence-corrected chi connectivity index (χ1v) is 6.17. The SMILES string of the molecule is Nc1cc(Cl)cc(Cc2cc(Cl)cc(N)c2O)c1O. The molecule has 0 unspecified atom stereocenters. The Morgan fingerprint density at radius 3 is 1.53 bits per heavy atom. The monoisotopic (exact) mass is 298 g/mol. The van der Waals surface area contributed by atoms with Crippen molar-refractivity contribution in [3.8, 4) is 11.5 Å². The second-order valence-electron chi connectivity index (χ2n) is 4.18. The van der Waals surface area contributed by atoms with Crippen molar-refractivity contribution in [2.45, 2.75) is 6.42 Å². The van der Waals surface area contributed by atoms with E-state index in [0.29, 0.717) is 21.2 Å². The van der Waals surface area contributed by atoms with Crippen LogP contribution in [0.15, 0.2) is 24.3 Å². The smallest absolute Gasteiger partial charge is 0.142 e. The summed E-state index contributed by atoms with van der Waals surface area (Å²) >= 11 is 11.8. The number of hydrogen-bond donors (Lipinski definition) is 4. The van der Waals surface area contributed by atoms with Crippen molar-refractivity contribution in [1.82, 2.24) is 0 Å². The van der Waals surface area contributed by atoms with Crippen LogP contribution < -0.4 is 11.5 Å². The van der Waals surface area contributed by atoms with Gasteiger partial charge in [0.1, 0.15) is 11.5 Å². The van der Waals surface area contributed by atoms with Gasteiger partial charge in [-0.2, -0.15) is 0 Å². The molecule has 0 aliphatic carbocycles. The van der Waals surface area contributed by atoms with Crippen molar-refractivity contribution < 1.29 is 10.2 Å². The number of halogens is 2. The third kappa shape index (κ3) is 2.80. The van der Waals surface area contributed by atoms with Gasteiger partial charge in [0, 0.05) is 27.6 Å². The lowest BCUT2D eigenvalue weighted by Crippen LogP contribution is -1.96. The summed E-state index contributed by atoms with van der Waals surface area (Å²) in [5.41, 5.74) is 12.6. The summed E-state index contributed by atoms with van der Waals surface area (Å²) in [6.07, 6.45) is 0.215. The summed E-state index contributed by atoms with van der Waals surface area (Å²) in [6, 6.07) is 6.05. The quantitative estimate of drug-likeness (QED) is 0.506. The molecule has 0 aliphatic rings. The van der Waals surface area contributed by atoms with Crippen LogP contribution in [0.2, 0.25) is 10.0 Å². The third-order valence-corrected chi connectivity index (χ3v) is 3.18. The topological polar surface area (TPSA) is 92.5 Å². The van der Waals surface area contributed by atoms with Crippen molar-refractivity contribution in [2.75, 3.05) is 11.5 Å². The van der Waals surface area contributed by atoms with Gasteiger partial charge in [-0.25, -0.2) is 0 Å². The number of nitrogens with two attached hydrogens (primary N) is 2. The van der Waals surface area contributed by atoms with Crippen LogP contribution in [-0.4, -0.2) is 10.2 Å². The fourth-order valence-electron chi connectivity index (χ4n) is 1.83. The largest absolute Gasteiger partial charge is 0.505 e. The summed E-state index contributed by atoms with van der Waals surface area (Å²) in [5, 5.41) is 20.6. The first-order chi connectivity index (χ1) is 8.88. The van der Waals surface area contributed by atoms with E-state index >= 15 is 0 Å². The molecule has 0 atom stereocenters. The maximum absolute atomic E-state index is 9.88. The standard InChI is InChI=1S/C13H12Cl2N2O2/c14-8-2-6(12(18)10(16)4-8)1-7-3-9(15)5-11(17)13(7)19/h2-5,18-19H,1,16-17H2. The van der Waals surface area contributed by atoms with E-state index in [0.717, 1.165) is 0 Å². The van der Waals surface area contributed by atoms with E-state index in [2.05, 4.69) is 0 Å². The molecule has 100 valence electrons. The summed E-state index contributed by atoms with van der Waals surface area (Å²) < 4.78 is 0. The van der Waals surface area contributed by atoms with Crippen LogP contribution in [0.5, 0.6) is 11.5 Å².